The molecule has 0 aromatic heterocycles. The molecule has 1 aromatic carbocycles. The summed E-state index contributed by atoms with van der Waals surface area (Å²) in [7, 11) is -3.95. The Balaban J connectivity index is 2.34. The molecule has 1 aliphatic carbocycles. The van der Waals surface area contributed by atoms with Crippen LogP contribution in [-0.2, 0) is 19.1 Å². The molecule has 122 valence electrons. The predicted octanol–water partition coefficient (Wildman–Crippen LogP) is 3.48. The van der Waals surface area contributed by atoms with Crippen LogP contribution in [0.3, 0.4) is 0 Å². The normalized spacial score (nSPS) is 24.2. The van der Waals surface area contributed by atoms with Crippen LogP contribution in [0.5, 0.6) is 0 Å². The van der Waals surface area contributed by atoms with Crippen LogP contribution in [0.15, 0.2) is 29.2 Å². The van der Waals surface area contributed by atoms with Crippen molar-refractivity contribution in [2.75, 3.05) is 0 Å². The Kier molecular flexibility index (Phi) is 4.26. The fraction of sp³-hybridized carbons (Fsp3) is 0.588. The molecule has 0 saturated heterocycles. The minimum atomic E-state index is -3.95. The molecule has 0 N–H and O–H groups in total. The van der Waals surface area contributed by atoms with E-state index in [4.69, 9.17) is 4.18 Å². The molecule has 0 radical (unpaired) electrons. The second-order valence-corrected chi connectivity index (χ2v) is 9.05. The van der Waals surface area contributed by atoms with Crippen molar-refractivity contribution in [3.8, 4) is 0 Å². The van der Waals surface area contributed by atoms with Crippen LogP contribution in [0.4, 0.5) is 0 Å². The zero-order chi connectivity index (χ0) is 16.8. The van der Waals surface area contributed by atoms with E-state index in [1.54, 1.807) is 12.1 Å². The van der Waals surface area contributed by atoms with Gasteiger partial charge in [-0.05, 0) is 37.3 Å². The zero-order valence-electron chi connectivity index (χ0n) is 13.8. The van der Waals surface area contributed by atoms with E-state index in [-0.39, 0.29) is 10.7 Å². The van der Waals surface area contributed by atoms with Crippen molar-refractivity contribution in [1.29, 1.82) is 0 Å². The Bertz CT molecular complexity index is 669. The number of carbonyl (C=O) groups is 1. The van der Waals surface area contributed by atoms with Crippen LogP contribution in [0.25, 0.3) is 0 Å². The molecular formula is C17H24O4S. The quantitative estimate of drug-likeness (QED) is 0.799. The number of aryl methyl sites for hydroxylation is 1. The van der Waals surface area contributed by atoms with Gasteiger partial charge in [0.2, 0.25) is 0 Å². The Hall–Kier alpha value is -1.20. The highest BCUT2D eigenvalue weighted by molar-refractivity contribution is 7.86. The van der Waals surface area contributed by atoms with Gasteiger partial charge in [-0.2, -0.15) is 8.42 Å². The molecule has 0 heterocycles. The van der Waals surface area contributed by atoms with E-state index >= 15 is 0 Å². The molecule has 1 fully saturated rings. The Morgan fingerprint density at radius 3 is 2.14 bits per heavy atom. The summed E-state index contributed by atoms with van der Waals surface area (Å²) in [6, 6.07) is 6.45. The molecule has 2 rings (SSSR count). The molecule has 0 spiro atoms. The highest BCUT2D eigenvalue weighted by atomic mass is 32.2. The fourth-order valence-electron chi connectivity index (χ4n) is 2.66. The zero-order valence-corrected chi connectivity index (χ0v) is 14.7. The summed E-state index contributed by atoms with van der Waals surface area (Å²) in [6.45, 7) is 9.34. The lowest BCUT2D eigenvalue weighted by atomic mass is 9.64. The molecule has 0 aliphatic heterocycles. The molecule has 0 bridgehead atoms. The minimum Gasteiger partial charge on any atom is -0.296 e. The summed E-state index contributed by atoms with van der Waals surface area (Å²) in [4.78, 5) is 12.7. The summed E-state index contributed by atoms with van der Waals surface area (Å²) < 4.78 is 30.4. The van der Waals surface area contributed by atoms with Crippen LogP contribution in [0.1, 0.15) is 46.1 Å². The van der Waals surface area contributed by atoms with Crippen molar-refractivity contribution in [2.45, 2.75) is 58.5 Å². The van der Waals surface area contributed by atoms with Gasteiger partial charge in [-0.25, -0.2) is 0 Å². The summed E-state index contributed by atoms with van der Waals surface area (Å²) >= 11 is 0. The van der Waals surface area contributed by atoms with Gasteiger partial charge in [-0.3, -0.25) is 8.98 Å². The number of hydrogen-bond donors (Lipinski definition) is 0. The van der Waals surface area contributed by atoms with E-state index < -0.39 is 27.1 Å². The van der Waals surface area contributed by atoms with E-state index in [9.17, 15) is 13.2 Å². The monoisotopic (exact) mass is 324 g/mol. The first-order valence-electron chi connectivity index (χ1n) is 7.50. The third kappa shape index (κ3) is 3.25. The molecule has 1 aromatic rings. The number of benzene rings is 1. The molecule has 1 aliphatic rings. The van der Waals surface area contributed by atoms with Gasteiger partial charge in [0.1, 0.15) is 6.10 Å². The minimum absolute atomic E-state index is 0.0880. The van der Waals surface area contributed by atoms with Gasteiger partial charge in [-0.1, -0.05) is 45.4 Å². The largest absolute Gasteiger partial charge is 0.297 e. The first-order chi connectivity index (χ1) is 9.96. The van der Waals surface area contributed by atoms with E-state index in [0.29, 0.717) is 0 Å². The third-order valence-electron chi connectivity index (χ3n) is 4.54. The van der Waals surface area contributed by atoms with Crippen LogP contribution in [0, 0.1) is 17.8 Å². The Morgan fingerprint density at radius 2 is 1.59 bits per heavy atom. The maximum atomic E-state index is 12.6. The van der Waals surface area contributed by atoms with Crippen molar-refractivity contribution in [1.82, 2.24) is 0 Å². The lowest BCUT2D eigenvalue weighted by Gasteiger charge is -2.43. The summed E-state index contributed by atoms with van der Waals surface area (Å²) in [5, 5.41) is 0. The Morgan fingerprint density at radius 1 is 1.05 bits per heavy atom. The first-order valence-corrected chi connectivity index (χ1v) is 8.91. The molecular weight excluding hydrogens is 300 g/mol. The van der Waals surface area contributed by atoms with Gasteiger partial charge in [0.15, 0.2) is 5.78 Å². The van der Waals surface area contributed by atoms with Crippen molar-refractivity contribution in [3.05, 3.63) is 29.8 Å². The molecule has 5 heteroatoms. The summed E-state index contributed by atoms with van der Waals surface area (Å²) in [6.07, 6.45) is 0.547. The Labute approximate surface area is 133 Å². The lowest BCUT2D eigenvalue weighted by Crippen LogP contribution is -2.50. The van der Waals surface area contributed by atoms with Crippen LogP contribution in [-0.4, -0.2) is 20.3 Å². The lowest BCUT2D eigenvalue weighted by molar-refractivity contribution is -0.145. The second kappa shape index (κ2) is 5.46. The molecule has 22 heavy (non-hydrogen) atoms. The van der Waals surface area contributed by atoms with Gasteiger partial charge in [0.25, 0.3) is 10.1 Å². The average Bonchev–Trinajstić information content (AvgIpc) is 2.41. The third-order valence-corrected chi connectivity index (χ3v) is 5.84. The van der Waals surface area contributed by atoms with E-state index in [2.05, 4.69) is 0 Å². The van der Waals surface area contributed by atoms with Crippen molar-refractivity contribution in [3.63, 3.8) is 0 Å². The van der Waals surface area contributed by atoms with Crippen molar-refractivity contribution in [2.24, 2.45) is 10.8 Å². The SMILES string of the molecule is Cc1ccc(S(=O)(=O)OC2C(=O)C(C)(C)CCC2(C)C)cc1. The van der Waals surface area contributed by atoms with E-state index in [1.165, 1.54) is 12.1 Å². The number of hydrogen-bond acceptors (Lipinski definition) is 4. The van der Waals surface area contributed by atoms with E-state index in [0.717, 1.165) is 18.4 Å². The second-order valence-electron chi connectivity index (χ2n) is 7.48. The molecule has 0 amide bonds. The van der Waals surface area contributed by atoms with Crippen molar-refractivity contribution >= 4 is 15.9 Å². The number of rotatable bonds is 3. The fourth-order valence-corrected chi connectivity index (χ4v) is 3.84. The molecule has 1 unspecified atom stereocenters. The molecule has 1 saturated carbocycles. The highest BCUT2D eigenvalue weighted by Gasteiger charge is 2.49. The van der Waals surface area contributed by atoms with Crippen LogP contribution in [0.2, 0.25) is 0 Å². The summed E-state index contributed by atoms with van der Waals surface area (Å²) in [5.74, 6) is -0.139. The van der Waals surface area contributed by atoms with Crippen molar-refractivity contribution < 1.29 is 17.4 Å². The van der Waals surface area contributed by atoms with Crippen LogP contribution < -0.4 is 0 Å². The first kappa shape index (κ1) is 17.2. The van der Waals surface area contributed by atoms with Gasteiger partial charge >= 0.3 is 0 Å². The predicted molar refractivity (Wildman–Crippen MR) is 85.0 cm³/mol. The summed E-state index contributed by atoms with van der Waals surface area (Å²) in [5.41, 5.74) is -0.0814. The van der Waals surface area contributed by atoms with Gasteiger partial charge < -0.3 is 0 Å². The van der Waals surface area contributed by atoms with Crippen LogP contribution >= 0.6 is 0 Å². The smallest absolute Gasteiger partial charge is 0.296 e. The maximum Gasteiger partial charge on any atom is 0.297 e. The van der Waals surface area contributed by atoms with Gasteiger partial charge in [-0.15, -0.1) is 0 Å². The standard InChI is InChI=1S/C17H24O4S/c1-12-6-8-13(9-7-12)22(19,20)21-15-14(18)16(2,3)10-11-17(15,4)5/h6-9,15H,10-11H2,1-5H3. The highest BCUT2D eigenvalue weighted by Crippen LogP contribution is 2.44. The molecule has 4 nitrogen and oxygen atoms in total. The number of Topliss-reactive ketones (excluding diaryl/α,β-unsaturated/α-hetero) is 1. The average molecular weight is 324 g/mol. The van der Waals surface area contributed by atoms with E-state index in [1.807, 2.05) is 34.6 Å². The topological polar surface area (TPSA) is 60.4 Å². The van der Waals surface area contributed by atoms with Gasteiger partial charge in [0.05, 0.1) is 4.90 Å². The number of ketones is 1. The van der Waals surface area contributed by atoms with Gasteiger partial charge in [0, 0.05) is 5.41 Å². The maximum absolute atomic E-state index is 12.6. The number of carbonyl (C=O) groups excluding carboxylic acids is 1. The molecule has 1 atom stereocenters.